The summed E-state index contributed by atoms with van der Waals surface area (Å²) in [5, 5.41) is 3.34. The minimum absolute atomic E-state index is 0.00998. The van der Waals surface area contributed by atoms with Crippen LogP contribution in [0.1, 0.15) is 37.9 Å². The Hall–Kier alpha value is -1.87. The second-order valence-corrected chi connectivity index (χ2v) is 5.74. The summed E-state index contributed by atoms with van der Waals surface area (Å²) in [5.74, 6) is 0.872. The largest absolute Gasteiger partial charge is 0.365 e. The molecule has 0 bridgehead atoms. The first-order chi connectivity index (χ1) is 8.96. The second-order valence-electron chi connectivity index (χ2n) is 5.74. The zero-order chi connectivity index (χ0) is 13.9. The highest BCUT2D eigenvalue weighted by Crippen LogP contribution is 2.20. The van der Waals surface area contributed by atoms with E-state index in [2.05, 4.69) is 31.1 Å². The summed E-state index contributed by atoms with van der Waals surface area (Å²) >= 11 is 0. The van der Waals surface area contributed by atoms with Crippen molar-refractivity contribution in [1.29, 1.82) is 0 Å². The van der Waals surface area contributed by atoms with Crippen LogP contribution in [0.3, 0.4) is 0 Å². The standard InChI is InChI=1S/C16H21N3/c1-16(2,3)19-14-10-9-13(11-18-14)15(17)12-7-5-4-6-8-12/h4-11,15H,17H2,1-3H3,(H,18,19)/t15-/m1/s1. The zero-order valence-corrected chi connectivity index (χ0v) is 11.7. The summed E-state index contributed by atoms with van der Waals surface area (Å²) in [5.41, 5.74) is 8.36. The summed E-state index contributed by atoms with van der Waals surface area (Å²) < 4.78 is 0. The first-order valence-electron chi connectivity index (χ1n) is 6.50. The van der Waals surface area contributed by atoms with Crippen LogP contribution in [0.5, 0.6) is 0 Å². The predicted octanol–water partition coefficient (Wildman–Crippen LogP) is 3.34. The van der Waals surface area contributed by atoms with Crippen LogP contribution in [0.4, 0.5) is 5.82 Å². The maximum absolute atomic E-state index is 6.23. The molecule has 0 saturated heterocycles. The van der Waals surface area contributed by atoms with Gasteiger partial charge in [-0.2, -0.15) is 0 Å². The number of nitrogens with two attached hydrogens (primary N) is 1. The van der Waals surface area contributed by atoms with E-state index in [9.17, 15) is 0 Å². The Bertz CT molecular complexity index is 512. The lowest BCUT2D eigenvalue weighted by Gasteiger charge is -2.21. The van der Waals surface area contributed by atoms with Crippen LogP contribution in [-0.2, 0) is 0 Å². The number of rotatable bonds is 3. The lowest BCUT2D eigenvalue weighted by atomic mass is 10.0. The van der Waals surface area contributed by atoms with Gasteiger partial charge in [-0.25, -0.2) is 4.98 Å². The molecule has 1 aromatic carbocycles. The number of aromatic nitrogens is 1. The number of hydrogen-bond acceptors (Lipinski definition) is 3. The fraction of sp³-hybridized carbons (Fsp3) is 0.312. The third kappa shape index (κ3) is 3.80. The van der Waals surface area contributed by atoms with Crippen molar-refractivity contribution in [1.82, 2.24) is 4.98 Å². The molecule has 0 unspecified atom stereocenters. The monoisotopic (exact) mass is 255 g/mol. The maximum atomic E-state index is 6.23. The van der Waals surface area contributed by atoms with E-state index in [0.717, 1.165) is 16.9 Å². The first kappa shape index (κ1) is 13.6. The molecule has 0 aliphatic rings. The van der Waals surface area contributed by atoms with Crippen LogP contribution in [-0.4, -0.2) is 10.5 Å². The van der Waals surface area contributed by atoms with Crippen molar-refractivity contribution in [2.45, 2.75) is 32.4 Å². The second kappa shape index (κ2) is 5.41. The van der Waals surface area contributed by atoms with Crippen LogP contribution in [0.15, 0.2) is 48.7 Å². The molecule has 0 saturated carbocycles. The molecule has 3 N–H and O–H groups in total. The van der Waals surface area contributed by atoms with Gasteiger partial charge >= 0.3 is 0 Å². The van der Waals surface area contributed by atoms with Gasteiger partial charge < -0.3 is 11.1 Å². The van der Waals surface area contributed by atoms with Crippen molar-refractivity contribution in [2.24, 2.45) is 5.73 Å². The molecule has 2 rings (SSSR count). The maximum Gasteiger partial charge on any atom is 0.126 e. The number of nitrogens with one attached hydrogen (secondary N) is 1. The van der Waals surface area contributed by atoms with Crippen molar-refractivity contribution in [3.8, 4) is 0 Å². The predicted molar refractivity (Wildman–Crippen MR) is 80.1 cm³/mol. The van der Waals surface area contributed by atoms with E-state index in [1.807, 2.05) is 48.7 Å². The van der Waals surface area contributed by atoms with Crippen LogP contribution >= 0.6 is 0 Å². The van der Waals surface area contributed by atoms with Crippen LogP contribution in [0.25, 0.3) is 0 Å². The van der Waals surface area contributed by atoms with E-state index in [1.165, 1.54) is 0 Å². The highest BCUT2D eigenvalue weighted by molar-refractivity contribution is 5.40. The number of anilines is 1. The Morgan fingerprint density at radius 2 is 1.68 bits per heavy atom. The SMILES string of the molecule is CC(C)(C)Nc1ccc([C@H](N)c2ccccc2)cn1. The molecule has 0 aliphatic carbocycles. The van der Waals surface area contributed by atoms with Gasteiger partial charge in [-0.1, -0.05) is 36.4 Å². The normalized spacial score (nSPS) is 13.1. The third-order valence-electron chi connectivity index (χ3n) is 2.81. The van der Waals surface area contributed by atoms with Gasteiger partial charge in [0, 0.05) is 11.7 Å². The molecule has 0 spiro atoms. The summed E-state index contributed by atoms with van der Waals surface area (Å²) in [6.07, 6.45) is 1.84. The molecule has 3 nitrogen and oxygen atoms in total. The lowest BCUT2D eigenvalue weighted by Crippen LogP contribution is -2.26. The van der Waals surface area contributed by atoms with Gasteiger partial charge in [-0.05, 0) is 38.0 Å². The summed E-state index contributed by atoms with van der Waals surface area (Å²) in [6.45, 7) is 6.33. The number of nitrogens with zero attached hydrogens (tertiary/aromatic N) is 1. The summed E-state index contributed by atoms with van der Waals surface area (Å²) in [4.78, 5) is 4.42. The first-order valence-corrected chi connectivity index (χ1v) is 6.50. The molecule has 3 heteroatoms. The lowest BCUT2D eigenvalue weighted by molar-refractivity contribution is 0.630. The molecule has 100 valence electrons. The van der Waals surface area contributed by atoms with Gasteiger partial charge in [0.05, 0.1) is 6.04 Å². The Labute approximate surface area is 114 Å². The highest BCUT2D eigenvalue weighted by atomic mass is 15.0. The van der Waals surface area contributed by atoms with Gasteiger partial charge in [0.2, 0.25) is 0 Å². The molecule has 0 fully saturated rings. The number of pyridine rings is 1. The quantitative estimate of drug-likeness (QED) is 0.884. The van der Waals surface area contributed by atoms with Crippen molar-refractivity contribution in [3.05, 3.63) is 59.8 Å². The third-order valence-corrected chi connectivity index (χ3v) is 2.81. The van der Waals surface area contributed by atoms with Gasteiger partial charge in [-0.15, -0.1) is 0 Å². The Morgan fingerprint density at radius 1 is 1.00 bits per heavy atom. The molecule has 1 aromatic heterocycles. The summed E-state index contributed by atoms with van der Waals surface area (Å²) in [6, 6.07) is 13.9. The zero-order valence-electron chi connectivity index (χ0n) is 11.7. The van der Waals surface area contributed by atoms with E-state index in [0.29, 0.717) is 0 Å². The number of benzene rings is 1. The molecule has 19 heavy (non-hydrogen) atoms. The molecule has 2 aromatic rings. The van der Waals surface area contributed by atoms with E-state index < -0.39 is 0 Å². The van der Waals surface area contributed by atoms with Gasteiger partial charge in [0.25, 0.3) is 0 Å². The highest BCUT2D eigenvalue weighted by Gasteiger charge is 2.12. The van der Waals surface area contributed by atoms with Gasteiger partial charge in [0.1, 0.15) is 5.82 Å². The minimum Gasteiger partial charge on any atom is -0.365 e. The minimum atomic E-state index is -0.127. The smallest absolute Gasteiger partial charge is 0.126 e. The van der Waals surface area contributed by atoms with Crippen molar-refractivity contribution < 1.29 is 0 Å². The average Bonchev–Trinajstić information content (AvgIpc) is 2.38. The topological polar surface area (TPSA) is 50.9 Å². The van der Waals surface area contributed by atoms with Crippen molar-refractivity contribution in [3.63, 3.8) is 0 Å². The molecular weight excluding hydrogens is 234 g/mol. The average molecular weight is 255 g/mol. The molecule has 0 aliphatic heterocycles. The molecule has 1 heterocycles. The van der Waals surface area contributed by atoms with E-state index >= 15 is 0 Å². The fourth-order valence-corrected chi connectivity index (χ4v) is 1.90. The van der Waals surface area contributed by atoms with Crippen LogP contribution < -0.4 is 11.1 Å². The van der Waals surface area contributed by atoms with Crippen LogP contribution in [0.2, 0.25) is 0 Å². The number of hydrogen-bond donors (Lipinski definition) is 2. The van der Waals surface area contributed by atoms with Crippen molar-refractivity contribution >= 4 is 5.82 Å². The van der Waals surface area contributed by atoms with E-state index in [1.54, 1.807) is 0 Å². The fourth-order valence-electron chi connectivity index (χ4n) is 1.90. The molecular formula is C16H21N3. The molecule has 0 radical (unpaired) electrons. The molecule has 0 amide bonds. The van der Waals surface area contributed by atoms with Gasteiger partial charge in [-0.3, -0.25) is 0 Å². The van der Waals surface area contributed by atoms with E-state index in [-0.39, 0.29) is 11.6 Å². The van der Waals surface area contributed by atoms with E-state index in [4.69, 9.17) is 5.73 Å². The van der Waals surface area contributed by atoms with Gasteiger partial charge in [0.15, 0.2) is 0 Å². The summed E-state index contributed by atoms with van der Waals surface area (Å²) in [7, 11) is 0. The Morgan fingerprint density at radius 3 is 2.21 bits per heavy atom. The Kier molecular flexibility index (Phi) is 3.86. The van der Waals surface area contributed by atoms with Crippen molar-refractivity contribution in [2.75, 3.05) is 5.32 Å². The Balaban J connectivity index is 2.15. The molecule has 1 atom stereocenters. The van der Waals surface area contributed by atoms with Crippen LogP contribution in [0, 0.1) is 0 Å².